The number of nitroso groups, excluding NO2 is 1. The van der Waals surface area contributed by atoms with E-state index in [0.717, 1.165) is 18.4 Å². The van der Waals surface area contributed by atoms with E-state index in [2.05, 4.69) is 5.32 Å². The van der Waals surface area contributed by atoms with Gasteiger partial charge in [-0.15, -0.1) is 0 Å². The third-order valence-electron chi connectivity index (χ3n) is 3.65. The van der Waals surface area contributed by atoms with Crippen molar-refractivity contribution >= 4 is 17.1 Å². The molecule has 110 valence electrons. The summed E-state index contributed by atoms with van der Waals surface area (Å²) in [4.78, 5) is 22.7. The van der Waals surface area contributed by atoms with Crippen molar-refractivity contribution in [2.75, 3.05) is 12.4 Å². The van der Waals surface area contributed by atoms with Crippen LogP contribution < -0.4 is 5.32 Å². The van der Waals surface area contributed by atoms with Gasteiger partial charge in [0.1, 0.15) is 0 Å². The van der Waals surface area contributed by atoms with Crippen LogP contribution >= 0.6 is 0 Å². The second kappa shape index (κ2) is 6.45. The fourth-order valence-corrected chi connectivity index (χ4v) is 2.20. The van der Waals surface area contributed by atoms with Crippen molar-refractivity contribution in [2.24, 2.45) is 0 Å². The quantitative estimate of drug-likeness (QED) is 0.488. The monoisotopic (exact) mass is 280 g/mol. The fourth-order valence-electron chi connectivity index (χ4n) is 2.20. The van der Waals surface area contributed by atoms with Gasteiger partial charge in [0.25, 0.3) is 5.69 Å². The maximum atomic E-state index is 11.7. The molecule has 0 saturated heterocycles. The van der Waals surface area contributed by atoms with Crippen LogP contribution in [0.4, 0.5) is 17.1 Å². The van der Waals surface area contributed by atoms with E-state index in [-0.39, 0.29) is 11.7 Å². The van der Waals surface area contributed by atoms with Gasteiger partial charge in [0.2, 0.25) is 0 Å². The lowest BCUT2D eigenvalue weighted by Gasteiger charge is -2.17. The number of benzene rings is 1. The largest absolute Gasteiger partial charge is 0.371 e. The summed E-state index contributed by atoms with van der Waals surface area (Å²) in [5.74, 6) is 0. The molecule has 1 rings (SSSR count). The summed E-state index contributed by atoms with van der Waals surface area (Å²) in [6, 6.07) is 1.80. The molecule has 1 aromatic rings. The first-order valence-electron chi connectivity index (χ1n) is 6.79. The number of rotatable bonds is 6. The lowest BCUT2D eigenvalue weighted by atomic mass is 10.0. The maximum Gasteiger partial charge on any atom is 0.302 e. The number of nitro groups is 1. The molecule has 0 bridgehead atoms. The van der Waals surface area contributed by atoms with Crippen LogP contribution in [0.3, 0.4) is 0 Å². The zero-order chi connectivity index (χ0) is 15.4. The summed E-state index contributed by atoms with van der Waals surface area (Å²) >= 11 is 0. The van der Waals surface area contributed by atoms with E-state index >= 15 is 0 Å². The molecule has 0 unspecified atom stereocenters. The zero-order valence-electron chi connectivity index (χ0n) is 12.7. The molecule has 6 heteroatoms. The summed E-state index contributed by atoms with van der Waals surface area (Å²) < 4.78 is 0.671. The van der Waals surface area contributed by atoms with Crippen molar-refractivity contribution in [1.29, 1.82) is 0 Å². The first-order chi connectivity index (χ1) is 9.33. The van der Waals surface area contributed by atoms with Crippen molar-refractivity contribution in [3.05, 3.63) is 32.2 Å². The molecule has 1 aromatic carbocycles. The summed E-state index contributed by atoms with van der Waals surface area (Å²) in [5, 5.41) is 14.5. The highest BCUT2D eigenvalue weighted by Crippen LogP contribution is 2.39. The van der Waals surface area contributed by atoms with E-state index in [9.17, 15) is 15.0 Å². The fraction of sp³-hybridized carbons (Fsp3) is 0.571. The number of aryl methyl sites for hydroxylation is 1. The van der Waals surface area contributed by atoms with E-state index in [1.54, 1.807) is 19.9 Å². The predicted octanol–water partition coefficient (Wildman–Crippen LogP) is 3.85. The molecule has 0 fully saturated rings. The minimum atomic E-state index is -0.417. The molecular formula is C14H22N3O3+. The van der Waals surface area contributed by atoms with Gasteiger partial charge < -0.3 is 5.32 Å². The summed E-state index contributed by atoms with van der Waals surface area (Å²) in [7, 11) is 1.35. The SMILES string of the molecule is CCC(CC)Nc1c([N+](C)=O)cc(C)c(C)c1[N+](=O)[O-]. The Kier molecular flexibility index (Phi) is 5.19. The number of hydrogen-bond donors (Lipinski definition) is 1. The van der Waals surface area contributed by atoms with Crippen LogP contribution in [-0.4, -0.2) is 22.8 Å². The third kappa shape index (κ3) is 3.12. The Labute approximate surface area is 118 Å². The van der Waals surface area contributed by atoms with Crippen molar-refractivity contribution < 1.29 is 9.68 Å². The maximum absolute atomic E-state index is 11.7. The van der Waals surface area contributed by atoms with E-state index in [0.29, 0.717) is 21.7 Å². The second-order valence-electron chi connectivity index (χ2n) is 4.97. The van der Waals surface area contributed by atoms with Gasteiger partial charge in [-0.2, -0.15) is 0 Å². The Morgan fingerprint density at radius 1 is 1.25 bits per heavy atom. The molecule has 0 aromatic heterocycles. The van der Waals surface area contributed by atoms with Crippen LogP contribution in [0.5, 0.6) is 0 Å². The molecule has 0 atom stereocenters. The van der Waals surface area contributed by atoms with Gasteiger partial charge in [0.05, 0.1) is 4.92 Å². The topological polar surface area (TPSA) is 75.2 Å². The Balaban J connectivity index is 3.54. The van der Waals surface area contributed by atoms with Crippen molar-refractivity contribution in [1.82, 2.24) is 0 Å². The minimum Gasteiger partial charge on any atom is -0.371 e. The molecule has 0 radical (unpaired) electrons. The third-order valence-corrected chi connectivity index (χ3v) is 3.65. The van der Waals surface area contributed by atoms with Crippen LogP contribution in [-0.2, 0) is 0 Å². The first kappa shape index (κ1) is 16.1. The molecule has 0 aliphatic rings. The van der Waals surface area contributed by atoms with Gasteiger partial charge >= 0.3 is 5.69 Å². The minimum absolute atomic E-state index is 0.00500. The predicted molar refractivity (Wildman–Crippen MR) is 79.8 cm³/mol. The molecular weight excluding hydrogens is 258 g/mol. The first-order valence-corrected chi connectivity index (χ1v) is 6.79. The number of nitrogens with zero attached hydrogens (tertiary/aromatic N) is 2. The molecule has 0 amide bonds. The molecule has 0 spiro atoms. The Bertz CT molecular complexity index is 537. The van der Waals surface area contributed by atoms with Crippen LogP contribution in [0.2, 0.25) is 0 Å². The molecule has 6 nitrogen and oxygen atoms in total. The highest BCUT2D eigenvalue weighted by Gasteiger charge is 2.30. The average Bonchev–Trinajstić information content (AvgIpc) is 2.38. The van der Waals surface area contributed by atoms with Gasteiger partial charge in [-0.25, -0.2) is 0 Å². The Morgan fingerprint density at radius 2 is 1.80 bits per heavy atom. The zero-order valence-corrected chi connectivity index (χ0v) is 12.7. The van der Waals surface area contributed by atoms with Crippen LogP contribution in [0, 0.1) is 28.9 Å². The summed E-state index contributed by atoms with van der Waals surface area (Å²) in [6.45, 7) is 7.50. The molecule has 0 heterocycles. The molecule has 0 aliphatic carbocycles. The Hall–Kier alpha value is -1.98. The number of nitrogens with one attached hydrogen (secondary N) is 1. The second-order valence-corrected chi connectivity index (χ2v) is 4.97. The number of nitro benzene ring substituents is 1. The summed E-state index contributed by atoms with van der Waals surface area (Å²) in [5.41, 5.74) is 1.96. The van der Waals surface area contributed by atoms with Crippen molar-refractivity contribution in [3.63, 3.8) is 0 Å². The average molecular weight is 280 g/mol. The summed E-state index contributed by atoms with van der Waals surface area (Å²) in [6.07, 6.45) is 1.67. The van der Waals surface area contributed by atoms with Crippen molar-refractivity contribution in [2.45, 2.75) is 46.6 Å². The molecule has 0 saturated carbocycles. The van der Waals surface area contributed by atoms with E-state index < -0.39 is 4.92 Å². The van der Waals surface area contributed by atoms with Gasteiger partial charge in [0, 0.05) is 27.3 Å². The highest BCUT2D eigenvalue weighted by atomic mass is 16.6. The molecule has 20 heavy (non-hydrogen) atoms. The van der Waals surface area contributed by atoms with E-state index in [1.807, 2.05) is 13.8 Å². The highest BCUT2D eigenvalue weighted by molar-refractivity contribution is 5.77. The standard InChI is InChI=1S/C14H22N3O3/c1-6-11(7-2)15-13-12(16(5)18)8-9(3)10(4)14(13)17(19)20/h8,11,15H,6-7H2,1-5H3/q+1. The Morgan fingerprint density at radius 3 is 2.20 bits per heavy atom. The van der Waals surface area contributed by atoms with Gasteiger partial charge in [0.15, 0.2) is 12.7 Å². The normalized spacial score (nSPS) is 10.7. The lowest BCUT2D eigenvalue weighted by molar-refractivity contribution is -0.428. The van der Waals surface area contributed by atoms with Crippen LogP contribution in [0.1, 0.15) is 37.8 Å². The molecule has 0 aliphatic heterocycles. The van der Waals surface area contributed by atoms with Crippen LogP contribution in [0.25, 0.3) is 0 Å². The number of anilines is 1. The van der Waals surface area contributed by atoms with Gasteiger partial charge in [-0.3, -0.25) is 10.1 Å². The van der Waals surface area contributed by atoms with Crippen molar-refractivity contribution in [3.8, 4) is 0 Å². The van der Waals surface area contributed by atoms with E-state index in [4.69, 9.17) is 0 Å². The van der Waals surface area contributed by atoms with Gasteiger partial charge in [-0.05, 0) is 32.3 Å². The van der Waals surface area contributed by atoms with Crippen LogP contribution in [0.15, 0.2) is 6.07 Å². The van der Waals surface area contributed by atoms with Gasteiger partial charge in [-0.1, -0.05) is 13.8 Å². The van der Waals surface area contributed by atoms with E-state index in [1.165, 1.54) is 7.05 Å². The lowest BCUT2D eigenvalue weighted by Crippen LogP contribution is -2.19. The molecule has 1 N–H and O–H groups in total. The smallest absolute Gasteiger partial charge is 0.302 e. The number of hydrogen-bond acceptors (Lipinski definition) is 4.